The van der Waals surface area contributed by atoms with Gasteiger partial charge < -0.3 is 20.1 Å². The van der Waals surface area contributed by atoms with Gasteiger partial charge in [-0.05, 0) is 42.5 Å². The number of halogens is 4. The van der Waals surface area contributed by atoms with Gasteiger partial charge in [-0.2, -0.15) is 13.2 Å². The average Bonchev–Trinajstić information content (AvgIpc) is 2.79. The Morgan fingerprint density at radius 1 is 0.818 bits per heavy atom. The molecule has 0 aliphatic rings. The lowest BCUT2D eigenvalue weighted by atomic mass is 10.1. The Balaban J connectivity index is 1.90. The van der Waals surface area contributed by atoms with Crippen molar-refractivity contribution in [1.82, 2.24) is 0 Å². The quantitative estimate of drug-likeness (QED) is 0.483. The predicted molar refractivity (Wildman–Crippen MR) is 113 cm³/mol. The highest BCUT2D eigenvalue weighted by atomic mass is 19.4. The van der Waals surface area contributed by atoms with Gasteiger partial charge in [0.05, 0.1) is 36.6 Å². The molecular formula is C23H18F4N2O4. The van der Waals surface area contributed by atoms with Crippen LogP contribution in [0.1, 0.15) is 26.3 Å². The highest BCUT2D eigenvalue weighted by Crippen LogP contribution is 2.37. The van der Waals surface area contributed by atoms with Crippen molar-refractivity contribution < 1.29 is 36.6 Å². The number of methoxy groups -OCH3 is 2. The second-order valence-electron chi connectivity index (χ2n) is 6.71. The van der Waals surface area contributed by atoms with Crippen LogP contribution in [-0.4, -0.2) is 26.0 Å². The first kappa shape index (κ1) is 23.6. The van der Waals surface area contributed by atoms with Gasteiger partial charge in [-0.1, -0.05) is 12.1 Å². The zero-order valence-corrected chi connectivity index (χ0v) is 17.4. The van der Waals surface area contributed by atoms with E-state index in [2.05, 4.69) is 10.6 Å². The van der Waals surface area contributed by atoms with Crippen molar-refractivity contribution in [3.63, 3.8) is 0 Å². The number of hydrogen-bond acceptors (Lipinski definition) is 4. The molecule has 0 aromatic heterocycles. The Bertz CT molecular complexity index is 1200. The third-order valence-electron chi connectivity index (χ3n) is 4.60. The number of ether oxygens (including phenoxy) is 2. The minimum atomic E-state index is -4.86. The molecule has 0 saturated heterocycles. The molecule has 172 valence electrons. The third-order valence-corrected chi connectivity index (χ3v) is 4.60. The van der Waals surface area contributed by atoms with E-state index in [0.29, 0.717) is 11.8 Å². The normalized spacial score (nSPS) is 11.0. The zero-order valence-electron chi connectivity index (χ0n) is 17.4. The van der Waals surface area contributed by atoms with E-state index in [1.54, 1.807) is 0 Å². The molecule has 2 amide bonds. The molecule has 0 fully saturated rings. The molecule has 6 nitrogen and oxygen atoms in total. The summed E-state index contributed by atoms with van der Waals surface area (Å²) in [4.78, 5) is 24.9. The van der Waals surface area contributed by atoms with Crippen LogP contribution in [0.25, 0.3) is 0 Å². The van der Waals surface area contributed by atoms with Crippen molar-refractivity contribution in [3.05, 3.63) is 83.2 Å². The highest BCUT2D eigenvalue weighted by molar-refractivity contribution is 6.07. The minimum absolute atomic E-state index is 0.0108. The summed E-state index contributed by atoms with van der Waals surface area (Å²) in [7, 11) is 2.72. The number of carbonyl (C=O) groups excluding carboxylic acids is 2. The third kappa shape index (κ3) is 5.40. The summed E-state index contributed by atoms with van der Waals surface area (Å²) < 4.78 is 65.0. The van der Waals surface area contributed by atoms with Crippen LogP contribution in [0.5, 0.6) is 11.5 Å². The minimum Gasteiger partial charge on any atom is -0.497 e. The van der Waals surface area contributed by atoms with Gasteiger partial charge in [-0.3, -0.25) is 9.59 Å². The summed E-state index contributed by atoms with van der Waals surface area (Å²) >= 11 is 0. The number of alkyl halides is 3. The molecule has 10 heteroatoms. The summed E-state index contributed by atoms with van der Waals surface area (Å²) in [5, 5.41) is 4.44. The maximum absolute atomic E-state index is 13.8. The molecular weight excluding hydrogens is 444 g/mol. The second-order valence-corrected chi connectivity index (χ2v) is 6.71. The lowest BCUT2D eigenvalue weighted by Gasteiger charge is -2.17. The predicted octanol–water partition coefficient (Wildman–Crippen LogP) is 5.37. The molecule has 3 aromatic carbocycles. The standard InChI is InChI=1S/C23H18F4N2O4/c1-32-14-8-9-16(20(12-14)33-2)22(31)29-19-10-7-13(11-17(19)23(25,26)27)28-21(30)15-5-3-4-6-18(15)24/h3-12H,1-2H3,(H,28,30)(H,29,31). The Morgan fingerprint density at radius 2 is 1.52 bits per heavy atom. The molecule has 33 heavy (non-hydrogen) atoms. The summed E-state index contributed by atoms with van der Waals surface area (Å²) in [6, 6.07) is 12.1. The first-order valence-corrected chi connectivity index (χ1v) is 9.44. The van der Waals surface area contributed by atoms with Crippen molar-refractivity contribution in [2.45, 2.75) is 6.18 Å². The Morgan fingerprint density at radius 3 is 2.15 bits per heavy atom. The van der Waals surface area contributed by atoms with Gasteiger partial charge in [-0.15, -0.1) is 0 Å². The lowest BCUT2D eigenvalue weighted by molar-refractivity contribution is -0.136. The largest absolute Gasteiger partial charge is 0.497 e. The van der Waals surface area contributed by atoms with Crippen LogP contribution in [-0.2, 0) is 6.18 Å². The van der Waals surface area contributed by atoms with E-state index in [-0.39, 0.29) is 22.6 Å². The Labute approximate surface area is 186 Å². The number of amides is 2. The van der Waals surface area contributed by atoms with Gasteiger partial charge in [0, 0.05) is 11.8 Å². The van der Waals surface area contributed by atoms with Gasteiger partial charge in [0.2, 0.25) is 0 Å². The molecule has 3 aromatic rings. The lowest BCUT2D eigenvalue weighted by Crippen LogP contribution is -2.19. The topological polar surface area (TPSA) is 76.7 Å². The monoisotopic (exact) mass is 462 g/mol. The van der Waals surface area contributed by atoms with Crippen LogP contribution in [0.2, 0.25) is 0 Å². The van der Waals surface area contributed by atoms with E-state index in [0.717, 1.165) is 18.2 Å². The first-order chi connectivity index (χ1) is 15.6. The fourth-order valence-corrected chi connectivity index (χ4v) is 2.99. The molecule has 0 aliphatic carbocycles. The molecule has 0 spiro atoms. The van der Waals surface area contributed by atoms with Crippen molar-refractivity contribution >= 4 is 23.2 Å². The molecule has 0 atom stereocenters. The van der Waals surface area contributed by atoms with E-state index >= 15 is 0 Å². The molecule has 0 aliphatic heterocycles. The van der Waals surface area contributed by atoms with Gasteiger partial charge in [0.25, 0.3) is 11.8 Å². The van der Waals surface area contributed by atoms with E-state index < -0.39 is 35.1 Å². The first-order valence-electron chi connectivity index (χ1n) is 9.44. The van der Waals surface area contributed by atoms with Crippen LogP contribution in [0.4, 0.5) is 28.9 Å². The smallest absolute Gasteiger partial charge is 0.418 e. The summed E-state index contributed by atoms with van der Waals surface area (Å²) in [5.41, 5.74) is -2.29. The molecule has 0 bridgehead atoms. The van der Waals surface area contributed by atoms with Gasteiger partial charge >= 0.3 is 6.18 Å². The van der Waals surface area contributed by atoms with E-state index in [1.807, 2.05) is 0 Å². The summed E-state index contributed by atoms with van der Waals surface area (Å²) in [6.07, 6.45) is -4.86. The fraction of sp³-hybridized carbons (Fsp3) is 0.130. The van der Waals surface area contributed by atoms with Gasteiger partial charge in [-0.25, -0.2) is 4.39 Å². The van der Waals surface area contributed by atoms with E-state index in [4.69, 9.17) is 9.47 Å². The highest BCUT2D eigenvalue weighted by Gasteiger charge is 2.34. The molecule has 0 saturated carbocycles. The van der Waals surface area contributed by atoms with Crippen molar-refractivity contribution in [2.24, 2.45) is 0 Å². The fourth-order valence-electron chi connectivity index (χ4n) is 2.99. The number of benzene rings is 3. The van der Waals surface area contributed by atoms with Gasteiger partial charge in [0.1, 0.15) is 17.3 Å². The molecule has 0 heterocycles. The van der Waals surface area contributed by atoms with Gasteiger partial charge in [0.15, 0.2) is 0 Å². The Kier molecular flexibility index (Phi) is 6.86. The van der Waals surface area contributed by atoms with Crippen LogP contribution < -0.4 is 20.1 Å². The maximum Gasteiger partial charge on any atom is 0.418 e. The van der Waals surface area contributed by atoms with Crippen molar-refractivity contribution in [1.29, 1.82) is 0 Å². The summed E-state index contributed by atoms with van der Waals surface area (Å²) in [5.74, 6) is -2.07. The van der Waals surface area contributed by atoms with Crippen LogP contribution in [0.15, 0.2) is 60.7 Å². The maximum atomic E-state index is 13.8. The number of hydrogen-bond donors (Lipinski definition) is 2. The SMILES string of the molecule is COc1ccc(C(=O)Nc2ccc(NC(=O)c3ccccc3F)cc2C(F)(F)F)c(OC)c1. The second kappa shape index (κ2) is 9.60. The number of anilines is 2. The van der Waals surface area contributed by atoms with Crippen molar-refractivity contribution in [3.8, 4) is 11.5 Å². The van der Waals surface area contributed by atoms with Crippen molar-refractivity contribution in [2.75, 3.05) is 24.9 Å². The zero-order chi connectivity index (χ0) is 24.2. The molecule has 0 radical (unpaired) electrons. The molecule has 2 N–H and O–H groups in total. The van der Waals surface area contributed by atoms with E-state index in [9.17, 15) is 27.2 Å². The number of carbonyl (C=O) groups is 2. The molecule has 0 unspecified atom stereocenters. The Hall–Kier alpha value is -4.08. The number of nitrogens with one attached hydrogen (secondary N) is 2. The van der Waals surface area contributed by atoms with Crippen LogP contribution in [0.3, 0.4) is 0 Å². The molecule has 3 rings (SSSR count). The average molecular weight is 462 g/mol. The van der Waals surface area contributed by atoms with E-state index in [1.165, 1.54) is 50.6 Å². The number of rotatable bonds is 6. The summed E-state index contributed by atoms with van der Waals surface area (Å²) in [6.45, 7) is 0. The van der Waals surface area contributed by atoms with Crippen LogP contribution in [0, 0.1) is 5.82 Å². The van der Waals surface area contributed by atoms with Crippen LogP contribution >= 0.6 is 0 Å².